The van der Waals surface area contributed by atoms with Crippen molar-refractivity contribution in [1.29, 1.82) is 0 Å². The first-order valence-corrected chi connectivity index (χ1v) is 8.05. The zero-order valence-electron chi connectivity index (χ0n) is 11.6. The quantitative estimate of drug-likeness (QED) is 0.790. The van der Waals surface area contributed by atoms with E-state index >= 15 is 0 Å². The highest BCUT2D eigenvalue weighted by Crippen LogP contribution is 2.42. The molecule has 1 heterocycles. The Balaban J connectivity index is 2.01. The zero-order chi connectivity index (χ0) is 15.9. The number of hydrogen-bond acceptors (Lipinski definition) is 2. The summed E-state index contributed by atoms with van der Waals surface area (Å²) in [7, 11) is 0. The zero-order valence-corrected chi connectivity index (χ0v) is 13.2. The van der Waals surface area contributed by atoms with Crippen LogP contribution in [0.2, 0.25) is 5.02 Å². The third kappa shape index (κ3) is 2.71. The molecular weight excluding hydrogens is 328 g/mol. The van der Waals surface area contributed by atoms with Gasteiger partial charge in [-0.25, -0.2) is 8.78 Å². The minimum atomic E-state index is -0.917. The van der Waals surface area contributed by atoms with Gasteiger partial charge in [0, 0.05) is 10.7 Å². The fourth-order valence-electron chi connectivity index (χ4n) is 2.35. The summed E-state index contributed by atoms with van der Waals surface area (Å²) < 4.78 is 26.6. The summed E-state index contributed by atoms with van der Waals surface area (Å²) in [6, 6.07) is 9.06. The Morgan fingerprint density at radius 2 is 1.95 bits per heavy atom. The first-order chi connectivity index (χ1) is 10.5. The summed E-state index contributed by atoms with van der Waals surface area (Å²) in [5, 5.41) is 0.174. The summed E-state index contributed by atoms with van der Waals surface area (Å²) >= 11 is 7.50. The Kier molecular flexibility index (Phi) is 4.10. The molecule has 6 heteroatoms. The SMILES string of the molecule is Cc1ccc(N2C(=O)CS[C@@H]2c2ccc(F)c(F)c2)cc1Cl. The van der Waals surface area contributed by atoms with E-state index in [1.54, 1.807) is 17.0 Å². The van der Waals surface area contributed by atoms with E-state index in [0.717, 1.165) is 17.7 Å². The van der Waals surface area contributed by atoms with Crippen molar-refractivity contribution in [1.82, 2.24) is 0 Å². The standard InChI is InChI=1S/C16H12ClF2NOS/c1-9-2-4-11(7-12(9)17)20-15(21)8-22-16(20)10-3-5-13(18)14(19)6-10/h2-7,16H,8H2,1H3/t16-/m1/s1. The van der Waals surface area contributed by atoms with Gasteiger partial charge < -0.3 is 0 Å². The predicted octanol–water partition coefficient (Wildman–Crippen LogP) is 4.71. The molecule has 0 unspecified atom stereocenters. The average molecular weight is 340 g/mol. The molecule has 2 aromatic carbocycles. The summed E-state index contributed by atoms with van der Waals surface area (Å²) in [5.41, 5.74) is 2.11. The highest BCUT2D eigenvalue weighted by Gasteiger charge is 2.34. The van der Waals surface area contributed by atoms with Crippen LogP contribution in [0.1, 0.15) is 16.5 Å². The summed E-state index contributed by atoms with van der Waals surface area (Å²) in [6.07, 6.45) is 0. The second kappa shape index (κ2) is 5.89. The van der Waals surface area contributed by atoms with Gasteiger partial charge in [-0.1, -0.05) is 23.7 Å². The largest absolute Gasteiger partial charge is 0.295 e. The van der Waals surface area contributed by atoms with Gasteiger partial charge in [0.1, 0.15) is 5.37 Å². The van der Waals surface area contributed by atoms with Crippen molar-refractivity contribution in [3.8, 4) is 0 Å². The highest BCUT2D eigenvalue weighted by molar-refractivity contribution is 8.00. The van der Waals surface area contributed by atoms with E-state index in [0.29, 0.717) is 16.3 Å². The van der Waals surface area contributed by atoms with Crippen LogP contribution in [0.5, 0.6) is 0 Å². The van der Waals surface area contributed by atoms with E-state index in [1.165, 1.54) is 17.8 Å². The number of nitrogens with zero attached hydrogens (tertiary/aromatic N) is 1. The summed E-state index contributed by atoms with van der Waals surface area (Å²) in [5.74, 6) is -1.61. The number of aryl methyl sites for hydroxylation is 1. The first kappa shape index (κ1) is 15.3. The van der Waals surface area contributed by atoms with Crippen LogP contribution in [0.15, 0.2) is 36.4 Å². The fraction of sp³-hybridized carbons (Fsp3) is 0.188. The van der Waals surface area contributed by atoms with Crippen molar-refractivity contribution in [3.05, 3.63) is 64.2 Å². The number of amides is 1. The van der Waals surface area contributed by atoms with Crippen molar-refractivity contribution >= 4 is 35.0 Å². The molecular formula is C16H12ClF2NOS. The molecule has 2 aromatic rings. The van der Waals surface area contributed by atoms with Gasteiger partial charge in [0.2, 0.25) is 5.91 Å². The molecule has 0 N–H and O–H groups in total. The number of anilines is 1. The molecule has 1 amide bonds. The normalized spacial score (nSPS) is 18.1. The van der Waals surface area contributed by atoms with Gasteiger partial charge in [0.15, 0.2) is 11.6 Å². The lowest BCUT2D eigenvalue weighted by atomic mass is 10.1. The lowest BCUT2D eigenvalue weighted by Crippen LogP contribution is -2.27. The number of hydrogen-bond donors (Lipinski definition) is 0. The van der Waals surface area contributed by atoms with Crippen molar-refractivity contribution in [2.45, 2.75) is 12.3 Å². The minimum Gasteiger partial charge on any atom is -0.295 e. The molecule has 2 nitrogen and oxygen atoms in total. The molecule has 0 aliphatic carbocycles. The topological polar surface area (TPSA) is 20.3 Å². The van der Waals surface area contributed by atoms with Crippen LogP contribution < -0.4 is 4.90 Å². The Labute approximate surface area is 136 Å². The number of benzene rings is 2. The van der Waals surface area contributed by atoms with E-state index < -0.39 is 11.6 Å². The smallest absolute Gasteiger partial charge is 0.238 e. The van der Waals surface area contributed by atoms with Gasteiger partial charge in [-0.15, -0.1) is 11.8 Å². The van der Waals surface area contributed by atoms with E-state index in [-0.39, 0.29) is 17.0 Å². The van der Waals surface area contributed by atoms with Gasteiger partial charge in [-0.2, -0.15) is 0 Å². The van der Waals surface area contributed by atoms with Crippen LogP contribution in [0.3, 0.4) is 0 Å². The highest BCUT2D eigenvalue weighted by atomic mass is 35.5. The molecule has 0 radical (unpaired) electrons. The molecule has 1 aliphatic heterocycles. The number of rotatable bonds is 2. The molecule has 1 fully saturated rings. The fourth-order valence-corrected chi connectivity index (χ4v) is 3.69. The van der Waals surface area contributed by atoms with E-state index in [9.17, 15) is 13.6 Å². The Bertz CT molecular complexity index is 753. The van der Waals surface area contributed by atoms with Gasteiger partial charge in [-0.05, 0) is 42.3 Å². The Morgan fingerprint density at radius 1 is 1.18 bits per heavy atom. The second-order valence-corrected chi connectivity index (χ2v) is 6.51. The molecule has 0 aromatic heterocycles. The third-order valence-corrected chi connectivity index (χ3v) is 5.15. The molecule has 1 aliphatic rings. The molecule has 0 bridgehead atoms. The monoisotopic (exact) mass is 339 g/mol. The Morgan fingerprint density at radius 3 is 2.64 bits per heavy atom. The third-order valence-electron chi connectivity index (χ3n) is 3.53. The van der Waals surface area contributed by atoms with Gasteiger partial charge in [0.25, 0.3) is 0 Å². The molecule has 3 rings (SSSR count). The number of halogens is 3. The number of carbonyl (C=O) groups excluding carboxylic acids is 1. The Hall–Kier alpha value is -1.59. The van der Waals surface area contributed by atoms with Crippen LogP contribution in [-0.2, 0) is 4.79 Å². The number of thioether (sulfide) groups is 1. The van der Waals surface area contributed by atoms with Crippen molar-refractivity contribution in [2.24, 2.45) is 0 Å². The maximum absolute atomic E-state index is 13.5. The van der Waals surface area contributed by atoms with E-state index in [1.807, 2.05) is 13.0 Å². The molecule has 22 heavy (non-hydrogen) atoms. The van der Waals surface area contributed by atoms with Gasteiger partial charge in [-0.3, -0.25) is 9.69 Å². The van der Waals surface area contributed by atoms with E-state index in [2.05, 4.69) is 0 Å². The van der Waals surface area contributed by atoms with Gasteiger partial charge in [0.05, 0.1) is 5.75 Å². The van der Waals surface area contributed by atoms with Crippen LogP contribution in [0.4, 0.5) is 14.5 Å². The van der Waals surface area contributed by atoms with Crippen LogP contribution in [0.25, 0.3) is 0 Å². The molecule has 0 saturated carbocycles. The van der Waals surface area contributed by atoms with E-state index in [4.69, 9.17) is 11.6 Å². The maximum atomic E-state index is 13.5. The van der Waals surface area contributed by atoms with Crippen LogP contribution in [-0.4, -0.2) is 11.7 Å². The summed E-state index contributed by atoms with van der Waals surface area (Å²) in [4.78, 5) is 13.8. The molecule has 1 atom stereocenters. The van der Waals surface area contributed by atoms with Crippen LogP contribution in [0, 0.1) is 18.6 Å². The van der Waals surface area contributed by atoms with Crippen LogP contribution >= 0.6 is 23.4 Å². The lowest BCUT2D eigenvalue weighted by Gasteiger charge is -2.25. The van der Waals surface area contributed by atoms with Crippen molar-refractivity contribution in [2.75, 3.05) is 10.7 Å². The lowest BCUT2D eigenvalue weighted by molar-refractivity contribution is -0.115. The molecule has 1 saturated heterocycles. The van der Waals surface area contributed by atoms with Crippen molar-refractivity contribution < 1.29 is 13.6 Å². The second-order valence-electron chi connectivity index (χ2n) is 5.03. The molecule has 0 spiro atoms. The summed E-state index contributed by atoms with van der Waals surface area (Å²) in [6.45, 7) is 1.87. The van der Waals surface area contributed by atoms with Gasteiger partial charge >= 0.3 is 0 Å². The average Bonchev–Trinajstić information content (AvgIpc) is 2.87. The predicted molar refractivity (Wildman–Crippen MR) is 85.2 cm³/mol. The van der Waals surface area contributed by atoms with Crippen molar-refractivity contribution in [3.63, 3.8) is 0 Å². The first-order valence-electron chi connectivity index (χ1n) is 6.62. The minimum absolute atomic E-state index is 0.0837. The molecule has 114 valence electrons. The maximum Gasteiger partial charge on any atom is 0.238 e. The number of carbonyl (C=O) groups is 1.